The first kappa shape index (κ1) is 12.6. The highest BCUT2D eigenvalue weighted by molar-refractivity contribution is 5.80. The fourth-order valence-corrected chi connectivity index (χ4v) is 1.99. The van der Waals surface area contributed by atoms with E-state index in [4.69, 9.17) is 10.1 Å². The van der Waals surface area contributed by atoms with Crippen molar-refractivity contribution in [2.24, 2.45) is 5.92 Å². The van der Waals surface area contributed by atoms with Crippen LogP contribution in [0.4, 0.5) is 0 Å². The summed E-state index contributed by atoms with van der Waals surface area (Å²) in [6.45, 7) is 0.939. The second-order valence-electron chi connectivity index (χ2n) is 4.38. The normalized spacial score (nSPS) is 20.3. The first-order valence-corrected chi connectivity index (χ1v) is 6.19. The monoisotopic (exact) mass is 244 g/mol. The number of carbonyl (C=O) groups excluding carboxylic acids is 1. The van der Waals surface area contributed by atoms with Gasteiger partial charge in [-0.1, -0.05) is 30.3 Å². The van der Waals surface area contributed by atoms with Crippen LogP contribution in [0.15, 0.2) is 30.3 Å². The minimum Gasteiger partial charge on any atom is -0.271 e. The minimum absolute atomic E-state index is 0.203. The Balaban J connectivity index is 1.95. The van der Waals surface area contributed by atoms with Gasteiger partial charge in [0.15, 0.2) is 0 Å². The van der Waals surface area contributed by atoms with Crippen LogP contribution in [-0.2, 0) is 16.2 Å². The number of rotatable bonds is 3. The summed E-state index contributed by atoms with van der Waals surface area (Å²) in [5.41, 5.74) is 1.02. The van der Waals surface area contributed by atoms with E-state index in [1.165, 1.54) is 5.06 Å². The Bertz CT molecular complexity index is 439. The summed E-state index contributed by atoms with van der Waals surface area (Å²) in [7, 11) is 0. The number of benzene rings is 1. The van der Waals surface area contributed by atoms with Crippen molar-refractivity contribution in [3.63, 3.8) is 0 Å². The number of nitriles is 1. The molecule has 18 heavy (non-hydrogen) atoms. The van der Waals surface area contributed by atoms with Gasteiger partial charge in [0.2, 0.25) is 0 Å². The lowest BCUT2D eigenvalue weighted by atomic mass is 10.1. The van der Waals surface area contributed by atoms with Gasteiger partial charge in [0.25, 0.3) is 5.91 Å². The maximum atomic E-state index is 12.0. The van der Waals surface area contributed by atoms with E-state index in [0.717, 1.165) is 18.4 Å². The smallest absolute Gasteiger partial charge is 0.263 e. The van der Waals surface area contributed by atoms with Crippen LogP contribution < -0.4 is 0 Å². The summed E-state index contributed by atoms with van der Waals surface area (Å²) in [4.78, 5) is 17.5. The Hall–Kier alpha value is -1.86. The third-order valence-corrected chi connectivity index (χ3v) is 3.03. The molecule has 1 unspecified atom stereocenters. The van der Waals surface area contributed by atoms with Crippen LogP contribution in [0, 0.1) is 17.2 Å². The van der Waals surface area contributed by atoms with E-state index in [2.05, 4.69) is 6.07 Å². The second kappa shape index (κ2) is 6.18. The molecule has 2 rings (SSSR count). The lowest BCUT2D eigenvalue weighted by molar-refractivity contribution is -0.192. The number of nitrogens with zero attached hydrogens (tertiary/aromatic N) is 2. The molecule has 0 aliphatic carbocycles. The van der Waals surface area contributed by atoms with Crippen LogP contribution in [0.3, 0.4) is 0 Å². The van der Waals surface area contributed by atoms with Gasteiger partial charge in [0.1, 0.15) is 12.5 Å². The molecule has 0 N–H and O–H groups in total. The summed E-state index contributed by atoms with van der Waals surface area (Å²) in [6, 6.07) is 11.7. The van der Waals surface area contributed by atoms with Crippen LogP contribution in [-0.4, -0.2) is 17.5 Å². The summed E-state index contributed by atoms with van der Waals surface area (Å²) < 4.78 is 0. The van der Waals surface area contributed by atoms with Crippen LogP contribution in [0.5, 0.6) is 0 Å². The van der Waals surface area contributed by atoms with Gasteiger partial charge in [0, 0.05) is 6.54 Å². The fourth-order valence-electron chi connectivity index (χ4n) is 1.99. The zero-order chi connectivity index (χ0) is 12.8. The van der Waals surface area contributed by atoms with Crippen LogP contribution in [0.25, 0.3) is 0 Å². The van der Waals surface area contributed by atoms with Crippen LogP contribution in [0.2, 0.25) is 0 Å². The van der Waals surface area contributed by atoms with E-state index in [1.807, 2.05) is 30.3 Å². The molecule has 1 aliphatic heterocycles. The van der Waals surface area contributed by atoms with E-state index < -0.39 is 5.92 Å². The molecule has 0 spiro atoms. The average Bonchev–Trinajstić information content (AvgIpc) is 2.59. The molecule has 1 fully saturated rings. The highest BCUT2D eigenvalue weighted by atomic mass is 16.7. The minimum atomic E-state index is -0.553. The molecule has 4 nitrogen and oxygen atoms in total. The summed E-state index contributed by atoms with van der Waals surface area (Å²) in [6.07, 6.45) is 2.43. The topological polar surface area (TPSA) is 53.3 Å². The number of hydrogen-bond donors (Lipinski definition) is 0. The molecule has 1 amide bonds. The van der Waals surface area contributed by atoms with E-state index in [0.29, 0.717) is 19.6 Å². The van der Waals surface area contributed by atoms with Gasteiger partial charge in [-0.05, 0) is 24.8 Å². The van der Waals surface area contributed by atoms with Crippen molar-refractivity contribution in [2.45, 2.75) is 25.9 Å². The molecule has 0 saturated carbocycles. The van der Waals surface area contributed by atoms with E-state index in [-0.39, 0.29) is 5.91 Å². The fraction of sp³-hybridized carbons (Fsp3) is 0.429. The highest BCUT2D eigenvalue weighted by Crippen LogP contribution is 2.18. The quantitative estimate of drug-likeness (QED) is 0.819. The Morgan fingerprint density at radius 1 is 1.33 bits per heavy atom. The maximum Gasteiger partial charge on any atom is 0.263 e. The van der Waals surface area contributed by atoms with Crippen molar-refractivity contribution in [2.75, 3.05) is 6.54 Å². The van der Waals surface area contributed by atoms with Crippen molar-refractivity contribution < 1.29 is 9.63 Å². The molecular formula is C14H16N2O2. The number of amides is 1. The molecule has 94 valence electrons. The van der Waals surface area contributed by atoms with E-state index in [9.17, 15) is 4.79 Å². The molecule has 4 heteroatoms. The summed E-state index contributed by atoms with van der Waals surface area (Å²) >= 11 is 0. The highest BCUT2D eigenvalue weighted by Gasteiger charge is 2.27. The average molecular weight is 244 g/mol. The Labute approximate surface area is 107 Å². The second-order valence-corrected chi connectivity index (χ2v) is 4.38. The molecular weight excluding hydrogens is 228 g/mol. The predicted molar refractivity (Wildman–Crippen MR) is 65.9 cm³/mol. The standard InChI is InChI=1S/C14H16N2O2/c15-10-13-8-4-5-9-16(14(13)17)18-11-12-6-2-1-3-7-12/h1-3,6-7,13H,4-5,8-9,11H2. The van der Waals surface area contributed by atoms with Crippen molar-refractivity contribution in [1.82, 2.24) is 5.06 Å². The molecule has 1 aliphatic rings. The third-order valence-electron chi connectivity index (χ3n) is 3.03. The SMILES string of the molecule is N#CC1CCCCN(OCc2ccccc2)C1=O. The lowest BCUT2D eigenvalue weighted by Gasteiger charge is -2.21. The molecule has 1 aromatic rings. The van der Waals surface area contributed by atoms with Gasteiger partial charge >= 0.3 is 0 Å². The van der Waals surface area contributed by atoms with Crippen molar-refractivity contribution in [1.29, 1.82) is 5.26 Å². The Morgan fingerprint density at radius 3 is 2.83 bits per heavy atom. The lowest BCUT2D eigenvalue weighted by Crippen LogP contribution is -2.34. The molecule has 0 bridgehead atoms. The first-order chi connectivity index (χ1) is 8.81. The van der Waals surface area contributed by atoms with Crippen molar-refractivity contribution in [3.05, 3.63) is 35.9 Å². The summed E-state index contributed by atoms with van der Waals surface area (Å²) in [5, 5.41) is 10.3. The van der Waals surface area contributed by atoms with Crippen LogP contribution >= 0.6 is 0 Å². The van der Waals surface area contributed by atoms with Gasteiger partial charge in [-0.15, -0.1) is 0 Å². The molecule has 1 heterocycles. The maximum absolute atomic E-state index is 12.0. The molecule has 1 atom stereocenters. The number of hydroxylamine groups is 2. The number of hydrogen-bond acceptors (Lipinski definition) is 3. The largest absolute Gasteiger partial charge is 0.271 e. The van der Waals surface area contributed by atoms with Gasteiger partial charge in [-0.25, -0.2) is 5.06 Å². The Kier molecular flexibility index (Phi) is 4.32. The third kappa shape index (κ3) is 3.08. The van der Waals surface area contributed by atoms with E-state index >= 15 is 0 Å². The molecule has 1 saturated heterocycles. The zero-order valence-electron chi connectivity index (χ0n) is 10.2. The van der Waals surface area contributed by atoms with E-state index in [1.54, 1.807) is 0 Å². The van der Waals surface area contributed by atoms with Gasteiger partial charge in [-0.2, -0.15) is 5.26 Å². The zero-order valence-corrected chi connectivity index (χ0v) is 10.2. The first-order valence-electron chi connectivity index (χ1n) is 6.19. The molecule has 1 aromatic carbocycles. The predicted octanol–water partition coefficient (Wildman–Crippen LogP) is 2.27. The van der Waals surface area contributed by atoms with Gasteiger partial charge in [0.05, 0.1) is 6.07 Å². The van der Waals surface area contributed by atoms with Gasteiger partial charge < -0.3 is 0 Å². The molecule has 0 aromatic heterocycles. The number of carbonyl (C=O) groups is 1. The molecule has 0 radical (unpaired) electrons. The van der Waals surface area contributed by atoms with Crippen molar-refractivity contribution in [3.8, 4) is 6.07 Å². The Morgan fingerprint density at radius 2 is 2.11 bits per heavy atom. The summed E-state index contributed by atoms with van der Waals surface area (Å²) in [5.74, 6) is -0.755. The van der Waals surface area contributed by atoms with Gasteiger partial charge in [-0.3, -0.25) is 9.63 Å². The van der Waals surface area contributed by atoms with Crippen molar-refractivity contribution >= 4 is 5.91 Å². The van der Waals surface area contributed by atoms with Crippen LogP contribution in [0.1, 0.15) is 24.8 Å².